The van der Waals surface area contributed by atoms with E-state index in [0.717, 1.165) is 44.5 Å². The predicted molar refractivity (Wildman–Crippen MR) is 73.4 cm³/mol. The van der Waals surface area contributed by atoms with Crippen molar-refractivity contribution in [3.8, 4) is 5.75 Å². The molecule has 1 fully saturated rings. The molecular weight excluding hydrogens is 240 g/mol. The molecule has 1 aromatic carbocycles. The number of likely N-dealkylation sites (tertiary alicyclic amines) is 1. The van der Waals surface area contributed by atoms with Crippen LogP contribution in [0.3, 0.4) is 0 Å². The van der Waals surface area contributed by atoms with E-state index in [2.05, 4.69) is 23.5 Å². The maximum atomic E-state index is 11.6. The zero-order chi connectivity index (χ0) is 13.3. The van der Waals surface area contributed by atoms with Crippen molar-refractivity contribution in [2.24, 2.45) is 0 Å². The van der Waals surface area contributed by atoms with Gasteiger partial charge in [-0.2, -0.15) is 0 Å². The first-order valence-corrected chi connectivity index (χ1v) is 6.96. The maximum Gasteiger partial charge on any atom is 0.317 e. The molecule has 0 saturated carbocycles. The fourth-order valence-electron chi connectivity index (χ4n) is 3.08. The molecule has 1 spiro atoms. The monoisotopic (exact) mass is 260 g/mol. The number of rotatable bonds is 0. The third kappa shape index (κ3) is 2.27. The van der Waals surface area contributed by atoms with E-state index in [9.17, 15) is 4.79 Å². The van der Waals surface area contributed by atoms with Crippen molar-refractivity contribution in [2.75, 3.05) is 20.1 Å². The second-order valence-electron chi connectivity index (χ2n) is 5.43. The van der Waals surface area contributed by atoms with Crippen LogP contribution in [0.15, 0.2) is 24.3 Å². The molecule has 0 bridgehead atoms. The molecule has 0 aliphatic carbocycles. The summed E-state index contributed by atoms with van der Waals surface area (Å²) in [7, 11) is 1.68. The minimum Gasteiger partial charge on any atom is -0.487 e. The van der Waals surface area contributed by atoms with E-state index in [1.807, 2.05) is 11.0 Å². The highest BCUT2D eigenvalue weighted by Crippen LogP contribution is 2.39. The van der Waals surface area contributed by atoms with E-state index in [1.165, 1.54) is 5.56 Å². The molecule has 1 N–H and O–H groups in total. The number of hydrogen-bond donors (Lipinski definition) is 1. The lowest BCUT2D eigenvalue weighted by atomic mass is 9.83. The number of nitrogens with zero attached hydrogens (tertiary/aromatic N) is 1. The van der Waals surface area contributed by atoms with Crippen molar-refractivity contribution < 1.29 is 9.53 Å². The molecule has 0 unspecified atom stereocenters. The fraction of sp³-hybridized carbons (Fsp3) is 0.533. The Morgan fingerprint density at radius 1 is 1.26 bits per heavy atom. The van der Waals surface area contributed by atoms with Gasteiger partial charge in [-0.1, -0.05) is 18.2 Å². The third-order valence-corrected chi connectivity index (χ3v) is 4.32. The summed E-state index contributed by atoms with van der Waals surface area (Å²) in [5, 5.41) is 2.69. The molecule has 3 rings (SSSR count). The van der Waals surface area contributed by atoms with Gasteiger partial charge in [0.2, 0.25) is 0 Å². The lowest BCUT2D eigenvalue weighted by Crippen LogP contribution is -2.52. The molecule has 2 amide bonds. The Bertz CT molecular complexity index is 479. The van der Waals surface area contributed by atoms with Gasteiger partial charge < -0.3 is 15.0 Å². The summed E-state index contributed by atoms with van der Waals surface area (Å²) in [6.07, 6.45) is 3.99. The number of carbonyl (C=O) groups excluding carboxylic acids is 1. The molecule has 4 heteroatoms. The number of urea groups is 1. The third-order valence-electron chi connectivity index (χ3n) is 4.32. The van der Waals surface area contributed by atoms with Crippen molar-refractivity contribution in [1.82, 2.24) is 10.2 Å². The number of amides is 2. The van der Waals surface area contributed by atoms with Crippen LogP contribution in [0.4, 0.5) is 4.79 Å². The summed E-state index contributed by atoms with van der Waals surface area (Å²) in [4.78, 5) is 13.5. The largest absolute Gasteiger partial charge is 0.487 e. The summed E-state index contributed by atoms with van der Waals surface area (Å²) in [6.45, 7) is 1.56. The van der Waals surface area contributed by atoms with Crippen LogP contribution in [0.1, 0.15) is 24.8 Å². The lowest BCUT2D eigenvalue weighted by Gasteiger charge is -2.44. The summed E-state index contributed by atoms with van der Waals surface area (Å²) in [5.74, 6) is 1.03. The average molecular weight is 260 g/mol. The summed E-state index contributed by atoms with van der Waals surface area (Å²) >= 11 is 0. The first kappa shape index (κ1) is 12.3. The molecule has 2 aliphatic heterocycles. The Morgan fingerprint density at radius 3 is 2.74 bits per heavy atom. The quantitative estimate of drug-likeness (QED) is 0.777. The van der Waals surface area contributed by atoms with Crippen LogP contribution < -0.4 is 10.1 Å². The topological polar surface area (TPSA) is 41.6 Å². The minimum atomic E-state index is -0.0567. The van der Waals surface area contributed by atoms with Crippen molar-refractivity contribution in [3.05, 3.63) is 29.8 Å². The van der Waals surface area contributed by atoms with E-state index in [0.29, 0.717) is 0 Å². The lowest BCUT2D eigenvalue weighted by molar-refractivity contribution is -0.00534. The molecule has 0 aromatic heterocycles. The smallest absolute Gasteiger partial charge is 0.317 e. The number of ether oxygens (including phenoxy) is 1. The number of carbonyl (C=O) groups is 1. The van der Waals surface area contributed by atoms with Crippen LogP contribution in [0.5, 0.6) is 5.75 Å². The van der Waals surface area contributed by atoms with Gasteiger partial charge in [0.05, 0.1) is 0 Å². The van der Waals surface area contributed by atoms with Gasteiger partial charge in [-0.05, 0) is 24.5 Å². The highest BCUT2D eigenvalue weighted by Gasteiger charge is 2.40. The van der Waals surface area contributed by atoms with Crippen LogP contribution >= 0.6 is 0 Å². The van der Waals surface area contributed by atoms with Crippen LogP contribution in [-0.2, 0) is 6.42 Å². The Hall–Kier alpha value is -1.71. The molecule has 1 saturated heterocycles. The Morgan fingerprint density at radius 2 is 2.00 bits per heavy atom. The number of aryl methyl sites for hydroxylation is 1. The van der Waals surface area contributed by atoms with E-state index in [-0.39, 0.29) is 11.6 Å². The average Bonchev–Trinajstić information content (AvgIpc) is 2.47. The Labute approximate surface area is 113 Å². The molecule has 0 radical (unpaired) electrons. The minimum absolute atomic E-state index is 0.0195. The van der Waals surface area contributed by atoms with Crippen molar-refractivity contribution in [1.29, 1.82) is 0 Å². The number of benzene rings is 1. The van der Waals surface area contributed by atoms with Gasteiger partial charge >= 0.3 is 6.03 Å². The van der Waals surface area contributed by atoms with Gasteiger partial charge in [-0.25, -0.2) is 4.79 Å². The number of para-hydroxylation sites is 1. The van der Waals surface area contributed by atoms with Crippen LogP contribution in [0.25, 0.3) is 0 Å². The van der Waals surface area contributed by atoms with Gasteiger partial charge in [0.15, 0.2) is 0 Å². The normalized spacial score (nSPS) is 20.6. The molecule has 4 nitrogen and oxygen atoms in total. The number of hydrogen-bond acceptors (Lipinski definition) is 2. The van der Waals surface area contributed by atoms with E-state index >= 15 is 0 Å². The molecule has 102 valence electrons. The summed E-state index contributed by atoms with van der Waals surface area (Å²) < 4.78 is 6.26. The van der Waals surface area contributed by atoms with Gasteiger partial charge in [0, 0.05) is 33.0 Å². The number of fused-ring (bicyclic) bond motifs is 1. The SMILES string of the molecule is CNC(=O)N1CCC2(CCc3ccccc3O2)CC1. The summed E-state index contributed by atoms with van der Waals surface area (Å²) in [6, 6.07) is 8.31. The van der Waals surface area contributed by atoms with Crippen LogP contribution in [0, 0.1) is 0 Å². The van der Waals surface area contributed by atoms with Gasteiger partial charge in [0.25, 0.3) is 0 Å². The highest BCUT2D eigenvalue weighted by atomic mass is 16.5. The highest BCUT2D eigenvalue weighted by molar-refractivity contribution is 5.73. The van der Waals surface area contributed by atoms with Gasteiger partial charge in [-0.3, -0.25) is 0 Å². The van der Waals surface area contributed by atoms with Crippen molar-refractivity contribution in [2.45, 2.75) is 31.3 Å². The number of piperidine rings is 1. The van der Waals surface area contributed by atoms with Crippen molar-refractivity contribution >= 4 is 6.03 Å². The van der Waals surface area contributed by atoms with Crippen LogP contribution in [-0.4, -0.2) is 36.7 Å². The molecular formula is C15H20N2O2. The predicted octanol–water partition coefficient (Wildman–Crippen LogP) is 2.19. The first-order chi connectivity index (χ1) is 9.22. The van der Waals surface area contributed by atoms with Crippen LogP contribution in [0.2, 0.25) is 0 Å². The molecule has 0 atom stereocenters. The Kier molecular flexibility index (Phi) is 3.09. The maximum absolute atomic E-state index is 11.6. The fourth-order valence-corrected chi connectivity index (χ4v) is 3.08. The molecule has 2 heterocycles. The zero-order valence-electron chi connectivity index (χ0n) is 11.3. The molecule has 2 aliphatic rings. The van der Waals surface area contributed by atoms with Crippen molar-refractivity contribution in [3.63, 3.8) is 0 Å². The van der Waals surface area contributed by atoms with E-state index in [1.54, 1.807) is 7.05 Å². The van der Waals surface area contributed by atoms with E-state index < -0.39 is 0 Å². The van der Waals surface area contributed by atoms with Gasteiger partial charge in [-0.15, -0.1) is 0 Å². The first-order valence-electron chi connectivity index (χ1n) is 6.96. The Balaban J connectivity index is 1.70. The molecule has 1 aromatic rings. The van der Waals surface area contributed by atoms with E-state index in [4.69, 9.17) is 4.74 Å². The number of nitrogens with one attached hydrogen (secondary N) is 1. The summed E-state index contributed by atoms with van der Waals surface area (Å²) in [5.41, 5.74) is 1.25. The second kappa shape index (κ2) is 4.76. The second-order valence-corrected chi connectivity index (χ2v) is 5.43. The molecule has 19 heavy (non-hydrogen) atoms. The standard InChI is InChI=1S/C15H20N2O2/c1-16-14(18)17-10-8-15(9-11-17)7-6-12-4-2-3-5-13(12)19-15/h2-5H,6-11H2,1H3,(H,16,18). The van der Waals surface area contributed by atoms with Gasteiger partial charge in [0.1, 0.15) is 11.4 Å². The zero-order valence-corrected chi connectivity index (χ0v) is 11.3.